The fourth-order valence-corrected chi connectivity index (χ4v) is 16.6. The van der Waals surface area contributed by atoms with Crippen LogP contribution in [0.15, 0.2) is 23.8 Å². The predicted molar refractivity (Wildman–Crippen MR) is 277 cm³/mol. The number of esters is 1. The van der Waals surface area contributed by atoms with Gasteiger partial charge in [0.25, 0.3) is 0 Å². The first-order valence-corrected chi connectivity index (χ1v) is 29.0. The molecule has 0 radical (unpaired) electrons. The Morgan fingerprint density at radius 2 is 1.24 bits per heavy atom. The Morgan fingerprint density at radius 3 is 1.85 bits per heavy atom. The van der Waals surface area contributed by atoms with E-state index >= 15 is 4.79 Å². The van der Waals surface area contributed by atoms with Crippen LogP contribution < -0.4 is 0 Å². The van der Waals surface area contributed by atoms with Crippen molar-refractivity contribution in [3.8, 4) is 0 Å². The largest absolute Gasteiger partial charge is 0.479 e. The van der Waals surface area contributed by atoms with E-state index in [1.807, 2.05) is 6.08 Å². The van der Waals surface area contributed by atoms with Crippen LogP contribution in [0, 0.1) is 50.2 Å². The lowest BCUT2D eigenvalue weighted by Gasteiger charge is -2.70. The van der Waals surface area contributed by atoms with Gasteiger partial charge in [0.15, 0.2) is 37.4 Å². The van der Waals surface area contributed by atoms with Crippen molar-refractivity contribution in [2.45, 2.75) is 235 Å². The molecule has 25 heteroatoms. The third-order valence-corrected chi connectivity index (χ3v) is 22.0. The highest BCUT2D eigenvalue weighted by Crippen LogP contribution is 2.75. The Balaban J connectivity index is 0.891. The van der Waals surface area contributed by atoms with Crippen molar-refractivity contribution in [3.05, 3.63) is 23.8 Å². The molecule has 8 fully saturated rings. The number of aliphatic carboxylic acids is 1. The van der Waals surface area contributed by atoms with Crippen LogP contribution >= 0.6 is 0 Å². The number of carboxylic acids is 1. The number of aliphatic hydroxyl groups is 12. The van der Waals surface area contributed by atoms with Gasteiger partial charge in [-0.25, -0.2) is 4.79 Å². The van der Waals surface area contributed by atoms with Gasteiger partial charge in [-0.05, 0) is 91.8 Å². The topological polar surface area (TPSA) is 389 Å². The van der Waals surface area contributed by atoms with Crippen molar-refractivity contribution in [2.75, 3.05) is 33.0 Å². The molecule has 28 atom stereocenters. The van der Waals surface area contributed by atoms with Crippen molar-refractivity contribution in [3.63, 3.8) is 0 Å². The average Bonchev–Trinajstić information content (AvgIpc) is 1.35. The van der Waals surface area contributed by atoms with E-state index in [0.717, 1.165) is 24.8 Å². The van der Waals surface area contributed by atoms with Crippen molar-refractivity contribution < 1.29 is 123 Å². The van der Waals surface area contributed by atoms with E-state index in [1.54, 1.807) is 0 Å². The van der Waals surface area contributed by atoms with Gasteiger partial charge in [-0.15, -0.1) is 0 Å². The molecule has 13 N–H and O–H groups in total. The van der Waals surface area contributed by atoms with Crippen LogP contribution in [-0.4, -0.2) is 239 Å². The predicted octanol–water partition coefficient (Wildman–Crippen LogP) is -1.39. The second-order valence-electron chi connectivity index (χ2n) is 27.6. The van der Waals surface area contributed by atoms with Gasteiger partial charge < -0.3 is 114 Å². The molecule has 0 aromatic rings. The number of hydrogen-bond donors (Lipinski definition) is 13. The standard InChI is InChI=1S/C57H88O25/c1-25-37(78-47-41(66)56(71,21-58)23-74-47)38(79-48-42(67)57(72,22-59)24-75-48)36(65)45(76-25)81-40-32(61)28(60)20-73-46(40)82-49(70)55-17-15-50(2,3)19-27(55)26-9-10-30-52(6)13-12-31(77-44-35(64)33(62)34(63)39(80-44)43(68)69)51(4,5)29(52)11-14-54(30,8)53(26,7)16-18-55/h9,16,18,25,27-42,44-48,58-67,71-72H,10-15,17,19-24H2,1-8H3,(H,68,69)/t25-,27?,28-,29?,30?,31+,32?,33?,34+,35+,36?,37-,38?,39?,40?,41?,42?,44-,45-,46-,47+,48+,52+,53?,54-,55+,56+,57+/m1/s1. The molecule has 466 valence electrons. The van der Waals surface area contributed by atoms with Crippen molar-refractivity contribution >= 4 is 11.9 Å². The van der Waals surface area contributed by atoms with Crippen LogP contribution in [0.1, 0.15) is 107 Å². The normalized spacial score (nSPS) is 53.3. The lowest BCUT2D eigenvalue weighted by molar-refractivity contribution is -0.373. The fourth-order valence-electron chi connectivity index (χ4n) is 16.6. The summed E-state index contributed by atoms with van der Waals surface area (Å²) in [6.07, 6.45) is -19.1. The molecule has 0 aromatic carbocycles. The third-order valence-electron chi connectivity index (χ3n) is 22.0. The number of allylic oxidation sites excluding steroid dienone is 3. The summed E-state index contributed by atoms with van der Waals surface area (Å²) in [5, 5.41) is 139. The van der Waals surface area contributed by atoms with Crippen molar-refractivity contribution in [1.82, 2.24) is 0 Å². The smallest absolute Gasteiger partial charge is 0.335 e. The highest BCUT2D eigenvalue weighted by atomic mass is 16.8. The molecular weight excluding hydrogens is 1080 g/mol. The van der Waals surface area contributed by atoms with Gasteiger partial charge in [-0.1, -0.05) is 72.3 Å². The summed E-state index contributed by atoms with van der Waals surface area (Å²) in [4.78, 5) is 27.4. The molecule has 5 saturated heterocycles. The summed E-state index contributed by atoms with van der Waals surface area (Å²) < 4.78 is 59.9. The van der Waals surface area contributed by atoms with Crippen molar-refractivity contribution in [2.24, 2.45) is 50.2 Å². The minimum Gasteiger partial charge on any atom is -0.479 e. The molecule has 12 unspecified atom stereocenters. The van der Waals surface area contributed by atoms with E-state index in [-0.39, 0.29) is 34.0 Å². The van der Waals surface area contributed by atoms with Crippen molar-refractivity contribution in [1.29, 1.82) is 0 Å². The Bertz CT molecular complexity index is 2420. The lowest BCUT2D eigenvalue weighted by atomic mass is 9.34. The molecule has 0 aromatic heterocycles. The van der Waals surface area contributed by atoms with Gasteiger partial charge in [-0.2, -0.15) is 0 Å². The first kappa shape index (κ1) is 62.6. The Hall–Kier alpha value is -2.42. The molecule has 0 bridgehead atoms. The second-order valence-corrected chi connectivity index (χ2v) is 27.6. The van der Waals surface area contributed by atoms with Crippen LogP contribution in [0.3, 0.4) is 0 Å². The fraction of sp³-hybridized carbons (Fsp3) is 0.895. The maximum absolute atomic E-state index is 15.4. The summed E-state index contributed by atoms with van der Waals surface area (Å²) in [6, 6.07) is 0. The summed E-state index contributed by atoms with van der Waals surface area (Å²) in [7, 11) is 0. The van der Waals surface area contributed by atoms with Gasteiger partial charge in [0.2, 0.25) is 6.29 Å². The summed E-state index contributed by atoms with van der Waals surface area (Å²) in [6.45, 7) is 13.6. The molecule has 5 aliphatic heterocycles. The number of ether oxygens (including phenoxy) is 10. The van der Waals surface area contributed by atoms with E-state index in [4.69, 9.17) is 47.4 Å². The van der Waals surface area contributed by atoms with E-state index < -0.39 is 189 Å². The second kappa shape index (κ2) is 22.0. The first-order valence-electron chi connectivity index (χ1n) is 29.0. The maximum Gasteiger partial charge on any atom is 0.335 e. The molecule has 3 saturated carbocycles. The van der Waals surface area contributed by atoms with E-state index in [0.29, 0.717) is 32.1 Å². The zero-order chi connectivity index (χ0) is 59.8. The monoisotopic (exact) mass is 1170 g/mol. The first-order chi connectivity index (χ1) is 38.3. The number of carboxylic acid groups (broad SMARTS) is 1. The molecule has 10 rings (SSSR count). The molecule has 25 nitrogen and oxygen atoms in total. The quantitative estimate of drug-likeness (QED) is 0.0573. The van der Waals surface area contributed by atoms with E-state index in [2.05, 4.69) is 60.6 Å². The van der Waals surface area contributed by atoms with Crippen LogP contribution in [0.4, 0.5) is 0 Å². The SMILES string of the molecule is C[C@H]1O[C@H](OC2C(O)[C@H](O)CO[C@@H]2OC(=O)[C@@]23C=CC4(C)C(=CCC5[C@@]6(C)CC[C@H](O[C@@H]7OC(C(=O)O)[C@@H](O)C(O)[C@@H]7O)C(C)(C)C6CC[C@]54C)C2CC(C)(C)CC3)C(O)C(O[C@@H]2OC[C@@](O)(CO)C2O)[C@@H]1O[C@@H]1OC[C@@](O)(CO)C1O. The van der Waals surface area contributed by atoms with E-state index in [1.165, 1.54) is 6.92 Å². The molecule has 0 amide bonds. The van der Waals surface area contributed by atoms with E-state index in [9.17, 15) is 71.2 Å². The number of aliphatic hydroxyl groups excluding tert-OH is 10. The number of fused-ring (bicyclic) bond motifs is 7. The summed E-state index contributed by atoms with van der Waals surface area (Å²) in [5.74, 6) is -2.23. The van der Waals surface area contributed by atoms with Gasteiger partial charge in [0.05, 0.1) is 50.7 Å². The zero-order valence-electron chi connectivity index (χ0n) is 47.8. The average molecular weight is 1170 g/mol. The third kappa shape index (κ3) is 9.97. The number of carbonyl (C=O) groups excluding carboxylic acids is 1. The highest BCUT2D eigenvalue weighted by molar-refractivity contribution is 5.81. The molecule has 0 spiro atoms. The molecule has 5 aliphatic carbocycles. The Morgan fingerprint density at radius 1 is 0.634 bits per heavy atom. The van der Waals surface area contributed by atoms with Crippen LogP contribution in [0.5, 0.6) is 0 Å². The number of carbonyl (C=O) groups is 2. The lowest BCUT2D eigenvalue weighted by Crippen LogP contribution is -2.66. The maximum atomic E-state index is 15.4. The number of rotatable bonds is 13. The summed E-state index contributed by atoms with van der Waals surface area (Å²) >= 11 is 0. The van der Waals surface area contributed by atoms with Gasteiger partial charge >= 0.3 is 11.9 Å². The Kier molecular flexibility index (Phi) is 16.8. The van der Waals surface area contributed by atoms with Crippen LogP contribution in [-0.2, 0) is 57.0 Å². The van der Waals surface area contributed by atoms with Crippen LogP contribution in [0.2, 0.25) is 0 Å². The summed E-state index contributed by atoms with van der Waals surface area (Å²) in [5.41, 5.74) is -6.16. The molecule has 82 heavy (non-hydrogen) atoms. The number of hydrogen-bond acceptors (Lipinski definition) is 24. The zero-order valence-corrected chi connectivity index (χ0v) is 47.8. The van der Waals surface area contributed by atoms with Crippen LogP contribution in [0.25, 0.3) is 0 Å². The van der Waals surface area contributed by atoms with Gasteiger partial charge in [0, 0.05) is 11.3 Å². The Labute approximate surface area is 476 Å². The highest BCUT2D eigenvalue weighted by Gasteiger charge is 2.69. The van der Waals surface area contributed by atoms with Gasteiger partial charge in [0.1, 0.15) is 72.2 Å². The molecule has 5 heterocycles. The molecular formula is C57H88O25. The minimum atomic E-state index is -2.16. The minimum absolute atomic E-state index is 0.103. The molecule has 10 aliphatic rings. The van der Waals surface area contributed by atoms with Gasteiger partial charge in [-0.3, -0.25) is 4.79 Å².